The summed E-state index contributed by atoms with van der Waals surface area (Å²) in [5.41, 5.74) is 7.28. The van der Waals surface area contributed by atoms with E-state index >= 15 is 0 Å². The normalized spacial score (nSPS) is 16.0. The first kappa shape index (κ1) is 12.6. The van der Waals surface area contributed by atoms with Gasteiger partial charge in [0, 0.05) is 16.5 Å². The van der Waals surface area contributed by atoms with Gasteiger partial charge >= 0.3 is 0 Å². The quantitative estimate of drug-likeness (QED) is 0.899. The Hall–Kier alpha value is -0.870. The molecular formula is C13H19NO2S. The van der Waals surface area contributed by atoms with Crippen molar-refractivity contribution in [2.24, 2.45) is 5.73 Å². The van der Waals surface area contributed by atoms with E-state index in [1.165, 1.54) is 0 Å². The van der Waals surface area contributed by atoms with Gasteiger partial charge in [-0.05, 0) is 17.7 Å². The maximum atomic E-state index is 6.18. The Morgan fingerprint density at radius 2 is 2.00 bits per heavy atom. The molecule has 1 unspecified atom stereocenters. The minimum atomic E-state index is 0.0359. The van der Waals surface area contributed by atoms with Crippen LogP contribution >= 0.6 is 11.8 Å². The van der Waals surface area contributed by atoms with Crippen molar-refractivity contribution >= 4 is 11.8 Å². The number of thioether (sulfide) groups is 1. The summed E-state index contributed by atoms with van der Waals surface area (Å²) in [5.74, 6) is 2.52. The van der Waals surface area contributed by atoms with Crippen LogP contribution in [0.25, 0.3) is 0 Å². The van der Waals surface area contributed by atoms with E-state index in [9.17, 15) is 0 Å². The molecule has 1 aromatic rings. The second kappa shape index (κ2) is 4.78. The van der Waals surface area contributed by atoms with Crippen molar-refractivity contribution in [2.45, 2.75) is 31.6 Å². The molecule has 0 amide bonds. The lowest BCUT2D eigenvalue weighted by molar-refractivity contribution is 0.174. The van der Waals surface area contributed by atoms with Crippen LogP contribution in [0.1, 0.15) is 32.4 Å². The van der Waals surface area contributed by atoms with Gasteiger partial charge in [-0.2, -0.15) is 11.8 Å². The number of hydrogen-bond donors (Lipinski definition) is 1. The molecule has 0 aliphatic carbocycles. The Labute approximate surface area is 107 Å². The average molecular weight is 253 g/mol. The molecule has 0 radical (unpaired) electrons. The van der Waals surface area contributed by atoms with E-state index in [1.54, 1.807) is 0 Å². The summed E-state index contributed by atoms with van der Waals surface area (Å²) in [6.07, 6.45) is 0. The molecule has 17 heavy (non-hydrogen) atoms. The van der Waals surface area contributed by atoms with E-state index in [1.807, 2.05) is 30.0 Å². The number of nitrogens with two attached hydrogens (primary N) is 1. The fraction of sp³-hybridized carbons (Fsp3) is 0.538. The van der Waals surface area contributed by atoms with Gasteiger partial charge < -0.3 is 15.2 Å². The molecule has 1 aromatic carbocycles. The highest BCUT2D eigenvalue weighted by molar-refractivity contribution is 8.00. The first-order chi connectivity index (χ1) is 7.96. The van der Waals surface area contributed by atoms with Gasteiger partial charge in [-0.25, -0.2) is 0 Å². The third kappa shape index (κ3) is 3.30. The Morgan fingerprint density at radius 1 is 1.29 bits per heavy atom. The predicted octanol–water partition coefficient (Wildman–Crippen LogP) is 2.95. The molecule has 0 saturated carbocycles. The predicted molar refractivity (Wildman–Crippen MR) is 71.7 cm³/mol. The van der Waals surface area contributed by atoms with Crippen molar-refractivity contribution in [2.75, 3.05) is 12.5 Å². The fourth-order valence-electron chi connectivity index (χ4n) is 1.58. The van der Waals surface area contributed by atoms with E-state index in [4.69, 9.17) is 15.2 Å². The van der Waals surface area contributed by atoms with Crippen molar-refractivity contribution < 1.29 is 9.47 Å². The standard InChI is InChI=1S/C13H19NO2S/c1-13(2,3)17-7-10(14)9-4-5-11-12(6-9)16-8-15-11/h4-6,10H,7-8,14H2,1-3H3. The topological polar surface area (TPSA) is 44.5 Å². The fourth-order valence-corrected chi connectivity index (χ4v) is 2.45. The average Bonchev–Trinajstić information content (AvgIpc) is 2.71. The summed E-state index contributed by atoms with van der Waals surface area (Å²) in [4.78, 5) is 0. The third-order valence-corrected chi connectivity index (χ3v) is 3.91. The van der Waals surface area contributed by atoms with Crippen LogP contribution in [-0.2, 0) is 0 Å². The van der Waals surface area contributed by atoms with Crippen LogP contribution in [-0.4, -0.2) is 17.3 Å². The minimum absolute atomic E-state index is 0.0359. The molecule has 1 heterocycles. The molecule has 1 atom stereocenters. The summed E-state index contributed by atoms with van der Waals surface area (Å²) >= 11 is 1.87. The first-order valence-corrected chi connectivity index (χ1v) is 6.73. The highest BCUT2D eigenvalue weighted by Gasteiger charge is 2.18. The van der Waals surface area contributed by atoms with Gasteiger partial charge in [-0.3, -0.25) is 0 Å². The van der Waals surface area contributed by atoms with Gasteiger partial charge in [0.25, 0.3) is 0 Å². The molecule has 1 aliphatic heterocycles. The van der Waals surface area contributed by atoms with Crippen LogP contribution in [0.15, 0.2) is 18.2 Å². The number of rotatable bonds is 3. The molecule has 4 heteroatoms. The van der Waals surface area contributed by atoms with Gasteiger partial charge in [-0.15, -0.1) is 0 Å². The second-order valence-corrected chi connectivity index (χ2v) is 6.99. The second-order valence-electron chi connectivity index (χ2n) is 5.14. The molecule has 3 nitrogen and oxygen atoms in total. The van der Waals surface area contributed by atoms with Crippen LogP contribution in [0, 0.1) is 0 Å². The smallest absolute Gasteiger partial charge is 0.231 e. The number of hydrogen-bond acceptors (Lipinski definition) is 4. The largest absolute Gasteiger partial charge is 0.454 e. The zero-order valence-electron chi connectivity index (χ0n) is 10.5. The molecule has 0 aromatic heterocycles. The van der Waals surface area contributed by atoms with E-state index in [2.05, 4.69) is 20.8 Å². The summed E-state index contributed by atoms with van der Waals surface area (Å²) in [6.45, 7) is 6.91. The Bertz CT molecular complexity index is 401. The molecule has 0 bridgehead atoms. The number of fused-ring (bicyclic) bond motifs is 1. The summed E-state index contributed by atoms with van der Waals surface area (Å²) in [6, 6.07) is 5.96. The lowest BCUT2D eigenvalue weighted by Crippen LogP contribution is -2.17. The van der Waals surface area contributed by atoms with E-state index in [0.29, 0.717) is 6.79 Å². The van der Waals surface area contributed by atoms with Crippen molar-refractivity contribution in [1.29, 1.82) is 0 Å². The maximum absolute atomic E-state index is 6.18. The zero-order chi connectivity index (χ0) is 12.5. The monoisotopic (exact) mass is 253 g/mol. The van der Waals surface area contributed by atoms with Crippen LogP contribution in [0.4, 0.5) is 0 Å². The van der Waals surface area contributed by atoms with Crippen molar-refractivity contribution in [3.63, 3.8) is 0 Å². The summed E-state index contributed by atoms with van der Waals surface area (Å²) < 4.78 is 10.9. The Morgan fingerprint density at radius 3 is 2.71 bits per heavy atom. The van der Waals surface area contributed by atoms with Crippen LogP contribution in [0.5, 0.6) is 11.5 Å². The number of ether oxygens (including phenoxy) is 2. The van der Waals surface area contributed by atoms with Gasteiger partial charge in [-0.1, -0.05) is 26.8 Å². The van der Waals surface area contributed by atoms with E-state index < -0.39 is 0 Å². The number of benzene rings is 1. The van der Waals surface area contributed by atoms with Crippen molar-refractivity contribution in [3.8, 4) is 11.5 Å². The molecule has 0 saturated heterocycles. The highest BCUT2D eigenvalue weighted by atomic mass is 32.2. The molecular weight excluding hydrogens is 234 g/mol. The van der Waals surface area contributed by atoms with Crippen molar-refractivity contribution in [1.82, 2.24) is 0 Å². The molecule has 1 aliphatic rings. The van der Waals surface area contributed by atoms with Crippen LogP contribution in [0.3, 0.4) is 0 Å². The van der Waals surface area contributed by atoms with E-state index in [0.717, 1.165) is 22.8 Å². The third-order valence-electron chi connectivity index (χ3n) is 2.52. The summed E-state index contributed by atoms with van der Waals surface area (Å²) in [7, 11) is 0. The minimum Gasteiger partial charge on any atom is -0.454 e. The Kier molecular flexibility index (Phi) is 3.54. The van der Waals surface area contributed by atoms with E-state index in [-0.39, 0.29) is 10.8 Å². The lowest BCUT2D eigenvalue weighted by atomic mass is 10.1. The maximum Gasteiger partial charge on any atom is 0.231 e. The molecule has 0 spiro atoms. The van der Waals surface area contributed by atoms with Crippen molar-refractivity contribution in [3.05, 3.63) is 23.8 Å². The van der Waals surface area contributed by atoms with Gasteiger partial charge in [0.15, 0.2) is 11.5 Å². The van der Waals surface area contributed by atoms with Crippen LogP contribution < -0.4 is 15.2 Å². The van der Waals surface area contributed by atoms with Gasteiger partial charge in [0.05, 0.1) is 0 Å². The molecule has 0 fully saturated rings. The zero-order valence-corrected chi connectivity index (χ0v) is 11.3. The van der Waals surface area contributed by atoms with Crippen LogP contribution in [0.2, 0.25) is 0 Å². The SMILES string of the molecule is CC(C)(C)SCC(N)c1ccc2c(c1)OCO2. The first-order valence-electron chi connectivity index (χ1n) is 5.75. The molecule has 94 valence electrons. The lowest BCUT2D eigenvalue weighted by Gasteiger charge is -2.20. The Balaban J connectivity index is 2.02. The van der Waals surface area contributed by atoms with Gasteiger partial charge in [0.1, 0.15) is 0 Å². The van der Waals surface area contributed by atoms with Gasteiger partial charge in [0.2, 0.25) is 6.79 Å². The summed E-state index contributed by atoms with van der Waals surface area (Å²) in [5, 5.41) is 0. The molecule has 2 rings (SSSR count). The highest BCUT2D eigenvalue weighted by Crippen LogP contribution is 2.35. The molecule has 2 N–H and O–H groups in total.